The third-order valence-electron chi connectivity index (χ3n) is 4.19. The van der Waals surface area contributed by atoms with Gasteiger partial charge in [0.2, 0.25) is 18.6 Å². The molecule has 1 aliphatic rings. The van der Waals surface area contributed by atoms with Crippen molar-refractivity contribution in [3.63, 3.8) is 0 Å². The van der Waals surface area contributed by atoms with Gasteiger partial charge in [0, 0.05) is 11.8 Å². The highest BCUT2D eigenvalue weighted by molar-refractivity contribution is 5.98. The number of rotatable bonds is 5. The van der Waals surface area contributed by atoms with E-state index in [-0.39, 0.29) is 25.2 Å². The van der Waals surface area contributed by atoms with E-state index in [0.29, 0.717) is 11.5 Å². The molecule has 1 heterocycles. The molecule has 3 rings (SSSR count). The maximum absolute atomic E-state index is 12.1. The summed E-state index contributed by atoms with van der Waals surface area (Å²) in [6.07, 6.45) is 3.04. The zero-order valence-corrected chi connectivity index (χ0v) is 15.6. The molecule has 1 aliphatic heterocycles. The molecule has 2 N–H and O–H groups in total. The quantitative estimate of drug-likeness (QED) is 0.797. The van der Waals surface area contributed by atoms with Crippen molar-refractivity contribution in [1.29, 1.82) is 0 Å². The zero-order chi connectivity index (χ0) is 19.4. The number of hydrogen-bond donors (Lipinski definition) is 2. The lowest BCUT2D eigenvalue weighted by molar-refractivity contribution is -0.121. The molecule has 2 aromatic carbocycles. The Morgan fingerprint density at radius 1 is 1.04 bits per heavy atom. The van der Waals surface area contributed by atoms with Gasteiger partial charge < -0.3 is 20.1 Å². The van der Waals surface area contributed by atoms with Gasteiger partial charge in [0.25, 0.3) is 0 Å². The van der Waals surface area contributed by atoms with Crippen LogP contribution in [0.5, 0.6) is 11.5 Å². The van der Waals surface area contributed by atoms with Crippen LogP contribution >= 0.6 is 0 Å². The Morgan fingerprint density at radius 3 is 2.48 bits per heavy atom. The van der Waals surface area contributed by atoms with Gasteiger partial charge in [-0.3, -0.25) is 9.59 Å². The number of aryl methyl sites for hydroxylation is 3. The van der Waals surface area contributed by atoms with Crippen LogP contribution in [-0.4, -0.2) is 25.2 Å². The molecular formula is C21H22N2O4. The van der Waals surface area contributed by atoms with E-state index in [1.54, 1.807) is 18.2 Å². The van der Waals surface area contributed by atoms with Crippen LogP contribution in [0.3, 0.4) is 0 Å². The number of nitrogens with one attached hydrogen (secondary N) is 2. The van der Waals surface area contributed by atoms with Gasteiger partial charge in [-0.2, -0.15) is 0 Å². The van der Waals surface area contributed by atoms with Crippen LogP contribution in [0.1, 0.15) is 22.3 Å². The lowest BCUT2D eigenvalue weighted by Crippen LogP contribution is -2.32. The Hall–Kier alpha value is -3.28. The van der Waals surface area contributed by atoms with Gasteiger partial charge in [0.05, 0.1) is 6.54 Å². The smallest absolute Gasteiger partial charge is 0.244 e. The normalized spacial score (nSPS) is 12.3. The monoisotopic (exact) mass is 366 g/mol. The standard InChI is InChI=1S/C21H22N2O4/c1-13-8-14(2)21(15(3)9-13)23-20(25)11-22-19(24)7-5-16-4-6-17-18(10-16)27-12-26-17/h4-10H,11-12H2,1-3H3,(H,22,24)(H,23,25). The maximum Gasteiger partial charge on any atom is 0.244 e. The highest BCUT2D eigenvalue weighted by atomic mass is 16.7. The van der Waals surface area contributed by atoms with Crippen LogP contribution in [0.2, 0.25) is 0 Å². The lowest BCUT2D eigenvalue weighted by Gasteiger charge is -2.13. The highest BCUT2D eigenvalue weighted by Gasteiger charge is 2.12. The van der Waals surface area contributed by atoms with Crippen LogP contribution in [-0.2, 0) is 9.59 Å². The van der Waals surface area contributed by atoms with Crippen LogP contribution < -0.4 is 20.1 Å². The number of carbonyl (C=O) groups excluding carboxylic acids is 2. The van der Waals surface area contributed by atoms with Gasteiger partial charge in [-0.05, 0) is 55.7 Å². The van der Waals surface area contributed by atoms with Gasteiger partial charge >= 0.3 is 0 Å². The molecule has 0 saturated heterocycles. The van der Waals surface area contributed by atoms with Crippen LogP contribution in [0, 0.1) is 20.8 Å². The van der Waals surface area contributed by atoms with Crippen molar-refractivity contribution in [1.82, 2.24) is 5.32 Å². The molecule has 6 nitrogen and oxygen atoms in total. The fraction of sp³-hybridized carbons (Fsp3) is 0.238. The van der Waals surface area contributed by atoms with Gasteiger partial charge in [0.1, 0.15) is 0 Å². The van der Waals surface area contributed by atoms with Gasteiger partial charge in [-0.15, -0.1) is 0 Å². The van der Waals surface area contributed by atoms with Crippen molar-refractivity contribution < 1.29 is 19.1 Å². The van der Waals surface area contributed by atoms with Crippen LogP contribution in [0.15, 0.2) is 36.4 Å². The lowest BCUT2D eigenvalue weighted by atomic mass is 10.1. The van der Waals surface area contributed by atoms with E-state index < -0.39 is 0 Å². The van der Waals surface area contributed by atoms with Gasteiger partial charge in [-0.25, -0.2) is 0 Å². The van der Waals surface area contributed by atoms with Gasteiger partial charge in [0.15, 0.2) is 11.5 Å². The second kappa shape index (κ2) is 7.95. The summed E-state index contributed by atoms with van der Waals surface area (Å²) in [7, 11) is 0. The first-order valence-corrected chi connectivity index (χ1v) is 8.65. The van der Waals surface area contributed by atoms with E-state index in [1.165, 1.54) is 6.08 Å². The van der Waals surface area contributed by atoms with Crippen molar-refractivity contribution in [2.75, 3.05) is 18.7 Å². The third kappa shape index (κ3) is 4.67. The van der Waals surface area contributed by atoms with E-state index in [1.807, 2.05) is 39.0 Å². The van der Waals surface area contributed by atoms with Crippen molar-refractivity contribution in [2.45, 2.75) is 20.8 Å². The summed E-state index contributed by atoms with van der Waals surface area (Å²) < 4.78 is 10.5. The second-order valence-corrected chi connectivity index (χ2v) is 6.49. The Labute approximate surface area is 158 Å². The average molecular weight is 366 g/mol. The molecule has 2 aromatic rings. The largest absolute Gasteiger partial charge is 0.454 e. The summed E-state index contributed by atoms with van der Waals surface area (Å²) >= 11 is 0. The first-order chi connectivity index (χ1) is 12.9. The van der Waals surface area contributed by atoms with Gasteiger partial charge in [-0.1, -0.05) is 23.8 Å². The summed E-state index contributed by atoms with van der Waals surface area (Å²) in [5.41, 5.74) is 4.73. The molecule has 2 amide bonds. The van der Waals surface area contributed by atoms with E-state index in [0.717, 1.165) is 27.9 Å². The SMILES string of the molecule is Cc1cc(C)c(NC(=O)CNC(=O)C=Cc2ccc3c(c2)OCO3)c(C)c1. The van der Waals surface area contributed by atoms with E-state index >= 15 is 0 Å². The van der Waals surface area contributed by atoms with Crippen molar-refractivity contribution in [3.8, 4) is 11.5 Å². The predicted octanol–water partition coefficient (Wildman–Crippen LogP) is 3.11. The molecule has 6 heteroatoms. The van der Waals surface area contributed by atoms with Crippen molar-refractivity contribution in [3.05, 3.63) is 58.7 Å². The van der Waals surface area contributed by atoms with E-state index in [9.17, 15) is 9.59 Å². The number of benzene rings is 2. The summed E-state index contributed by atoms with van der Waals surface area (Å²) in [5, 5.41) is 5.44. The molecule has 0 radical (unpaired) electrons. The molecule has 0 aromatic heterocycles. The highest BCUT2D eigenvalue weighted by Crippen LogP contribution is 2.32. The number of hydrogen-bond acceptors (Lipinski definition) is 4. The molecule has 0 saturated carbocycles. The Balaban J connectivity index is 1.52. The summed E-state index contributed by atoms with van der Waals surface area (Å²) in [6, 6.07) is 9.43. The molecule has 0 aliphatic carbocycles. The van der Waals surface area contributed by atoms with Crippen molar-refractivity contribution in [2.24, 2.45) is 0 Å². The topological polar surface area (TPSA) is 76.7 Å². The molecule has 140 valence electrons. The average Bonchev–Trinajstić information content (AvgIpc) is 3.09. The number of amides is 2. The summed E-state index contributed by atoms with van der Waals surface area (Å²) in [5.74, 6) is 0.728. The number of anilines is 1. The molecular weight excluding hydrogens is 344 g/mol. The third-order valence-corrected chi connectivity index (χ3v) is 4.19. The second-order valence-electron chi connectivity index (χ2n) is 6.49. The number of fused-ring (bicyclic) bond motifs is 1. The molecule has 0 bridgehead atoms. The molecule has 0 spiro atoms. The minimum absolute atomic E-state index is 0.100. The van der Waals surface area contributed by atoms with Crippen LogP contribution in [0.25, 0.3) is 6.08 Å². The maximum atomic E-state index is 12.1. The molecule has 0 atom stereocenters. The molecule has 0 unspecified atom stereocenters. The van der Waals surface area contributed by atoms with Crippen molar-refractivity contribution >= 4 is 23.6 Å². The minimum Gasteiger partial charge on any atom is -0.454 e. The number of carbonyl (C=O) groups is 2. The Kier molecular flexibility index (Phi) is 5.45. The summed E-state index contributed by atoms with van der Waals surface area (Å²) in [4.78, 5) is 24.1. The summed E-state index contributed by atoms with van der Waals surface area (Å²) in [6.45, 7) is 6.01. The fourth-order valence-electron chi connectivity index (χ4n) is 2.98. The first-order valence-electron chi connectivity index (χ1n) is 8.65. The van der Waals surface area contributed by atoms with E-state index in [2.05, 4.69) is 10.6 Å². The Bertz CT molecular complexity index is 895. The predicted molar refractivity (Wildman–Crippen MR) is 104 cm³/mol. The molecule has 0 fully saturated rings. The fourth-order valence-corrected chi connectivity index (χ4v) is 2.98. The Morgan fingerprint density at radius 2 is 1.74 bits per heavy atom. The molecule has 27 heavy (non-hydrogen) atoms. The van der Waals surface area contributed by atoms with E-state index in [4.69, 9.17) is 9.47 Å². The zero-order valence-electron chi connectivity index (χ0n) is 15.6. The number of ether oxygens (including phenoxy) is 2. The minimum atomic E-state index is -0.347. The first kappa shape index (κ1) is 18.5. The van der Waals surface area contributed by atoms with Crippen LogP contribution in [0.4, 0.5) is 5.69 Å².